The Morgan fingerprint density at radius 3 is 2.82 bits per heavy atom. The number of fused-ring (bicyclic) bond motifs is 3. The van der Waals surface area contributed by atoms with E-state index in [0.29, 0.717) is 11.5 Å². The number of carboxylic acid groups (broad SMARTS) is 1. The van der Waals surface area contributed by atoms with Gasteiger partial charge in [-0.05, 0) is 18.6 Å². The van der Waals surface area contributed by atoms with Crippen LogP contribution in [0.25, 0.3) is 11.1 Å². The summed E-state index contributed by atoms with van der Waals surface area (Å²) >= 11 is 0. The van der Waals surface area contributed by atoms with E-state index in [0.717, 1.165) is 0 Å². The van der Waals surface area contributed by atoms with Gasteiger partial charge in [0.25, 0.3) is 10.0 Å². The molecule has 0 saturated heterocycles. The number of aryl methyl sites for hydroxylation is 1. The normalized spacial score (nSPS) is 17.5. The second kappa shape index (κ2) is 4.80. The highest BCUT2D eigenvalue weighted by Crippen LogP contribution is 2.35. The van der Waals surface area contributed by atoms with E-state index < -0.39 is 21.9 Å². The number of nitrogens with zero attached hydrogens (tertiary/aromatic N) is 2. The Morgan fingerprint density at radius 2 is 2.18 bits per heavy atom. The molecule has 0 fully saturated rings. The number of hydrogen-bond acceptors (Lipinski definition) is 6. The average Bonchev–Trinajstić information content (AvgIpc) is 2.77. The monoisotopic (exact) mass is 323 g/mol. The largest absolute Gasteiger partial charge is 0.481 e. The number of anilines is 1. The van der Waals surface area contributed by atoms with Crippen LogP contribution in [0, 0.1) is 12.8 Å². The molecule has 8 nitrogen and oxygen atoms in total. The molecule has 2 aromatic rings. The molecule has 0 radical (unpaired) electrons. The maximum atomic E-state index is 12.4. The minimum atomic E-state index is -4.05. The lowest BCUT2D eigenvalue weighted by molar-refractivity contribution is -0.139. The molecule has 22 heavy (non-hydrogen) atoms. The Hall–Kier alpha value is -2.42. The van der Waals surface area contributed by atoms with Gasteiger partial charge in [-0.3, -0.25) is 4.79 Å². The zero-order valence-corrected chi connectivity index (χ0v) is 12.6. The van der Waals surface area contributed by atoms with Crippen molar-refractivity contribution in [2.24, 2.45) is 10.3 Å². The molecule has 1 aromatic heterocycles. The molecule has 0 bridgehead atoms. The maximum absolute atomic E-state index is 12.4. The van der Waals surface area contributed by atoms with Crippen molar-refractivity contribution < 1.29 is 22.7 Å². The number of nitrogens with one attached hydrogen (secondary N) is 1. The Kier molecular flexibility index (Phi) is 3.17. The number of aliphatic carboxylic acids is 1. The molecule has 0 spiro atoms. The van der Waals surface area contributed by atoms with Crippen LogP contribution >= 0.6 is 0 Å². The summed E-state index contributed by atoms with van der Waals surface area (Å²) in [6, 6.07) is 3.10. The van der Waals surface area contributed by atoms with Crippen LogP contribution in [0.5, 0.6) is 0 Å². The molecule has 0 amide bonds. The smallest absolute Gasteiger partial charge is 0.314 e. The molecular formula is C13H13N3O5S. The number of aromatic nitrogens is 1. The third kappa shape index (κ3) is 2.13. The zero-order chi connectivity index (χ0) is 16.1. The first-order valence-electron chi connectivity index (χ1n) is 6.58. The van der Waals surface area contributed by atoms with Gasteiger partial charge >= 0.3 is 5.97 Å². The fraction of sp³-hybridized carbons (Fsp3) is 0.308. The molecule has 0 aliphatic carbocycles. The molecule has 0 saturated carbocycles. The predicted octanol–water partition coefficient (Wildman–Crippen LogP) is 1.76. The lowest BCUT2D eigenvalue weighted by Gasteiger charge is -2.21. The van der Waals surface area contributed by atoms with E-state index in [4.69, 9.17) is 4.42 Å². The molecule has 1 aliphatic heterocycles. The summed E-state index contributed by atoms with van der Waals surface area (Å²) in [6.45, 7) is 3.26. The van der Waals surface area contributed by atoms with Crippen molar-refractivity contribution in [3.8, 4) is 0 Å². The van der Waals surface area contributed by atoms with Crippen molar-refractivity contribution in [1.29, 1.82) is 0 Å². The van der Waals surface area contributed by atoms with Crippen LogP contribution in [0.4, 0.5) is 5.69 Å². The number of carbonyl (C=O) groups is 1. The summed E-state index contributed by atoms with van der Waals surface area (Å²) in [5.74, 6) is -1.91. The molecule has 2 heterocycles. The average molecular weight is 323 g/mol. The van der Waals surface area contributed by atoms with Crippen LogP contribution < -0.4 is 5.32 Å². The second-order valence-corrected chi connectivity index (χ2v) is 6.44. The second-order valence-electron chi connectivity index (χ2n) is 4.90. The fourth-order valence-corrected chi connectivity index (χ4v) is 3.72. The van der Waals surface area contributed by atoms with E-state index >= 15 is 0 Å². The molecule has 116 valence electrons. The summed E-state index contributed by atoms with van der Waals surface area (Å²) < 4.78 is 33.8. The Balaban J connectivity index is 2.22. The molecule has 1 atom stereocenters. The number of benzene rings is 1. The molecule has 1 unspecified atom stereocenters. The van der Waals surface area contributed by atoms with Gasteiger partial charge in [-0.2, -0.15) is 8.42 Å². The lowest BCUT2D eigenvalue weighted by atomic mass is 10.1. The van der Waals surface area contributed by atoms with Gasteiger partial charge in [0.05, 0.1) is 5.69 Å². The van der Waals surface area contributed by atoms with Crippen LogP contribution in [0.2, 0.25) is 0 Å². The first-order chi connectivity index (χ1) is 10.3. The Labute approximate surface area is 125 Å². The van der Waals surface area contributed by atoms with E-state index in [1.54, 1.807) is 19.9 Å². The minimum Gasteiger partial charge on any atom is -0.481 e. The van der Waals surface area contributed by atoms with Crippen molar-refractivity contribution in [2.45, 2.75) is 25.2 Å². The minimum absolute atomic E-state index is 0.0918. The van der Waals surface area contributed by atoms with Crippen molar-refractivity contribution in [3.05, 3.63) is 18.0 Å². The van der Waals surface area contributed by atoms with Crippen LogP contribution in [0.3, 0.4) is 0 Å². The SMILES string of the molecule is CCC(C(=O)O)C1=NS(=O)(=O)c2c(ccc3oc(C)nc23)N1. The first kappa shape index (κ1) is 14.5. The van der Waals surface area contributed by atoms with Gasteiger partial charge in [0.15, 0.2) is 11.5 Å². The molecule has 1 aliphatic rings. The number of sulfonamides is 1. The topological polar surface area (TPSA) is 122 Å². The molecule has 2 N–H and O–H groups in total. The lowest BCUT2D eigenvalue weighted by Crippen LogP contribution is -2.33. The van der Waals surface area contributed by atoms with Crippen molar-refractivity contribution in [2.75, 3.05) is 5.32 Å². The standard InChI is InChI=1S/C13H13N3O5S/c1-3-7(13(17)18)12-15-8-4-5-9-10(14-6(2)21-9)11(8)22(19,20)16-12/h4-5,7H,3H2,1-2H3,(H,15,16)(H,17,18). The molecule has 1 aromatic carbocycles. The van der Waals surface area contributed by atoms with Crippen LogP contribution in [0.15, 0.2) is 25.8 Å². The van der Waals surface area contributed by atoms with E-state index in [9.17, 15) is 18.3 Å². The number of oxazole rings is 1. The van der Waals surface area contributed by atoms with Crippen LogP contribution in [-0.4, -0.2) is 30.3 Å². The van der Waals surface area contributed by atoms with Gasteiger partial charge < -0.3 is 14.8 Å². The Bertz CT molecular complexity index is 913. The van der Waals surface area contributed by atoms with E-state index in [2.05, 4.69) is 14.7 Å². The third-order valence-electron chi connectivity index (χ3n) is 3.40. The molecule has 3 rings (SSSR count). The van der Waals surface area contributed by atoms with Gasteiger partial charge in [-0.25, -0.2) is 4.98 Å². The number of rotatable bonds is 3. The number of amidine groups is 1. The summed E-state index contributed by atoms with van der Waals surface area (Å²) in [7, 11) is -4.05. The van der Waals surface area contributed by atoms with E-state index in [1.807, 2.05) is 0 Å². The Morgan fingerprint density at radius 1 is 1.45 bits per heavy atom. The summed E-state index contributed by atoms with van der Waals surface area (Å²) in [5.41, 5.74) is 0.782. The van der Waals surface area contributed by atoms with Crippen LogP contribution in [-0.2, 0) is 14.8 Å². The summed E-state index contributed by atoms with van der Waals surface area (Å²) in [5, 5.41) is 12.0. The van der Waals surface area contributed by atoms with Crippen molar-refractivity contribution in [3.63, 3.8) is 0 Å². The molecule has 9 heteroatoms. The van der Waals surface area contributed by atoms with Gasteiger partial charge in [0.2, 0.25) is 0 Å². The quantitative estimate of drug-likeness (QED) is 0.882. The fourth-order valence-electron chi connectivity index (χ4n) is 2.41. The van der Waals surface area contributed by atoms with Gasteiger partial charge in [0, 0.05) is 6.92 Å². The zero-order valence-electron chi connectivity index (χ0n) is 11.8. The highest BCUT2D eigenvalue weighted by atomic mass is 32.2. The van der Waals surface area contributed by atoms with E-state index in [-0.39, 0.29) is 28.4 Å². The summed E-state index contributed by atoms with van der Waals surface area (Å²) in [6.07, 6.45) is 0.220. The number of carboxylic acids is 1. The van der Waals surface area contributed by atoms with E-state index in [1.165, 1.54) is 6.07 Å². The maximum Gasteiger partial charge on any atom is 0.314 e. The van der Waals surface area contributed by atoms with Gasteiger partial charge in [-0.1, -0.05) is 6.92 Å². The first-order valence-corrected chi connectivity index (χ1v) is 8.02. The van der Waals surface area contributed by atoms with Crippen LogP contribution in [0.1, 0.15) is 19.2 Å². The summed E-state index contributed by atoms with van der Waals surface area (Å²) in [4.78, 5) is 15.2. The third-order valence-corrected chi connectivity index (χ3v) is 4.76. The van der Waals surface area contributed by atoms with Crippen molar-refractivity contribution >= 4 is 38.6 Å². The number of hydrogen-bond donors (Lipinski definition) is 2. The highest BCUT2D eigenvalue weighted by molar-refractivity contribution is 7.90. The molecular weight excluding hydrogens is 310 g/mol. The van der Waals surface area contributed by atoms with Crippen molar-refractivity contribution in [1.82, 2.24) is 4.98 Å². The van der Waals surface area contributed by atoms with Gasteiger partial charge in [0.1, 0.15) is 22.2 Å². The predicted molar refractivity (Wildman–Crippen MR) is 78.4 cm³/mol. The van der Waals surface area contributed by atoms with Gasteiger partial charge in [-0.15, -0.1) is 4.40 Å². The highest BCUT2D eigenvalue weighted by Gasteiger charge is 2.34.